The maximum atomic E-state index is 2.86. The summed E-state index contributed by atoms with van der Waals surface area (Å²) in [6, 6.07) is 1.88. The number of hydrogen-bond donors (Lipinski definition) is 0. The van der Waals surface area contributed by atoms with Gasteiger partial charge in [0, 0.05) is 18.6 Å². The number of rotatable bonds is 1. The van der Waals surface area contributed by atoms with Gasteiger partial charge in [0.1, 0.15) is 0 Å². The topological polar surface area (TPSA) is 6.48 Å². The molecule has 86 valence electrons. The average molecular weight is 208 g/mol. The molecule has 3 unspecified atom stereocenters. The second-order valence-corrected chi connectivity index (χ2v) is 6.09. The molecular weight excluding hydrogens is 184 g/mol. The van der Waals surface area contributed by atoms with Gasteiger partial charge in [-0.1, -0.05) is 6.92 Å². The Morgan fingerprint density at radius 2 is 1.73 bits per heavy atom. The first kappa shape index (κ1) is 10.1. The van der Waals surface area contributed by atoms with Gasteiger partial charge >= 0.3 is 0 Å². The fourth-order valence-electron chi connectivity index (χ4n) is 4.02. The van der Waals surface area contributed by atoms with Crippen LogP contribution in [0.25, 0.3) is 0 Å². The third-order valence-corrected chi connectivity index (χ3v) is 5.09. The normalized spacial score (nSPS) is 44.0. The highest BCUT2D eigenvalue weighted by Gasteiger charge is 2.44. The first-order valence-electron chi connectivity index (χ1n) is 6.68. The lowest BCUT2D eigenvalue weighted by molar-refractivity contribution is 0.0805. The Morgan fingerprint density at radius 3 is 2.27 bits per heavy atom. The Balaban J connectivity index is 1.61. The van der Waals surface area contributed by atoms with E-state index in [0.717, 1.165) is 23.9 Å². The number of hydrogen-bond acceptors (Lipinski definition) is 2. The van der Waals surface area contributed by atoms with E-state index in [1.54, 1.807) is 0 Å². The Kier molecular flexibility index (Phi) is 2.52. The molecule has 2 heterocycles. The van der Waals surface area contributed by atoms with Crippen LogP contribution in [0.2, 0.25) is 0 Å². The fraction of sp³-hybridized carbons (Fsp3) is 1.00. The second-order valence-electron chi connectivity index (χ2n) is 6.09. The highest BCUT2D eigenvalue weighted by Crippen LogP contribution is 2.43. The van der Waals surface area contributed by atoms with Crippen molar-refractivity contribution in [3.8, 4) is 0 Å². The maximum Gasteiger partial charge on any atom is 0.0123 e. The number of likely N-dealkylation sites (tertiary alicyclic amines) is 2. The maximum absolute atomic E-state index is 2.86. The summed E-state index contributed by atoms with van der Waals surface area (Å²) in [6.45, 7) is 6.50. The van der Waals surface area contributed by atoms with Crippen LogP contribution in [0.15, 0.2) is 0 Å². The lowest BCUT2D eigenvalue weighted by atomic mass is 9.94. The van der Waals surface area contributed by atoms with Gasteiger partial charge in [-0.2, -0.15) is 0 Å². The first-order chi connectivity index (χ1) is 7.24. The van der Waals surface area contributed by atoms with Crippen LogP contribution in [0.3, 0.4) is 0 Å². The molecule has 0 N–H and O–H groups in total. The molecular formula is C13H24N2. The molecule has 0 aromatic heterocycles. The second kappa shape index (κ2) is 3.74. The minimum absolute atomic E-state index is 0.920. The van der Waals surface area contributed by atoms with Crippen LogP contribution in [0.5, 0.6) is 0 Å². The molecule has 0 aromatic rings. The summed E-state index contributed by atoms with van der Waals surface area (Å²) in [6.07, 6.45) is 5.81. The highest BCUT2D eigenvalue weighted by molar-refractivity contribution is 4.98. The molecule has 2 heteroatoms. The number of nitrogens with zero attached hydrogens (tertiary/aromatic N) is 2. The number of piperidine rings is 2. The lowest BCUT2D eigenvalue weighted by Gasteiger charge is -2.40. The zero-order valence-corrected chi connectivity index (χ0v) is 10.2. The quantitative estimate of drug-likeness (QED) is 0.648. The Labute approximate surface area is 93.6 Å². The molecule has 0 amide bonds. The standard InChI is InChI=1S/C13H24N2/c1-10-7-13-8-11(10)9-15(13)12-3-5-14(2)6-4-12/h10-13H,3-9H2,1-2H3. The summed E-state index contributed by atoms with van der Waals surface area (Å²) in [4.78, 5) is 5.34. The fourth-order valence-corrected chi connectivity index (χ4v) is 4.02. The molecule has 3 atom stereocenters. The van der Waals surface area contributed by atoms with Crippen molar-refractivity contribution in [2.75, 3.05) is 26.7 Å². The number of fused-ring (bicyclic) bond motifs is 2. The van der Waals surface area contributed by atoms with Crippen molar-refractivity contribution in [3.63, 3.8) is 0 Å². The molecule has 3 fully saturated rings. The smallest absolute Gasteiger partial charge is 0.0123 e. The predicted molar refractivity (Wildman–Crippen MR) is 62.9 cm³/mol. The zero-order valence-electron chi connectivity index (χ0n) is 10.2. The van der Waals surface area contributed by atoms with E-state index in [-0.39, 0.29) is 0 Å². The molecule has 15 heavy (non-hydrogen) atoms. The minimum Gasteiger partial charge on any atom is -0.306 e. The van der Waals surface area contributed by atoms with Crippen LogP contribution < -0.4 is 0 Å². The molecule has 0 aromatic carbocycles. The van der Waals surface area contributed by atoms with Crippen LogP contribution in [0, 0.1) is 11.8 Å². The van der Waals surface area contributed by atoms with E-state index in [9.17, 15) is 0 Å². The van der Waals surface area contributed by atoms with Crippen molar-refractivity contribution in [1.29, 1.82) is 0 Å². The van der Waals surface area contributed by atoms with E-state index in [0.29, 0.717) is 0 Å². The molecule has 0 spiro atoms. The van der Waals surface area contributed by atoms with Crippen molar-refractivity contribution in [2.45, 2.75) is 44.7 Å². The monoisotopic (exact) mass is 208 g/mol. The summed E-state index contributed by atoms with van der Waals surface area (Å²) >= 11 is 0. The zero-order chi connectivity index (χ0) is 10.4. The van der Waals surface area contributed by atoms with Crippen LogP contribution >= 0.6 is 0 Å². The lowest BCUT2D eigenvalue weighted by Crippen LogP contribution is -2.47. The molecule has 3 rings (SSSR count). The van der Waals surface area contributed by atoms with E-state index in [1.165, 1.54) is 45.3 Å². The molecule has 1 aliphatic carbocycles. The summed E-state index contributed by atoms with van der Waals surface area (Å²) < 4.78 is 0. The third-order valence-electron chi connectivity index (χ3n) is 5.09. The summed E-state index contributed by atoms with van der Waals surface area (Å²) in [5.74, 6) is 2.05. The van der Waals surface area contributed by atoms with Crippen LogP contribution in [-0.4, -0.2) is 48.6 Å². The Hall–Kier alpha value is -0.0800. The van der Waals surface area contributed by atoms with Gasteiger partial charge in [0.05, 0.1) is 0 Å². The SMILES string of the molecule is CC1CC2CC1CN2C1CCN(C)CC1. The van der Waals surface area contributed by atoms with Crippen molar-refractivity contribution in [2.24, 2.45) is 11.8 Å². The van der Waals surface area contributed by atoms with E-state index < -0.39 is 0 Å². The minimum atomic E-state index is 0.920. The van der Waals surface area contributed by atoms with Crippen LogP contribution in [0.4, 0.5) is 0 Å². The van der Waals surface area contributed by atoms with E-state index in [4.69, 9.17) is 0 Å². The summed E-state index contributed by atoms with van der Waals surface area (Å²) in [5.41, 5.74) is 0. The molecule has 2 aliphatic heterocycles. The van der Waals surface area contributed by atoms with Gasteiger partial charge in [0.25, 0.3) is 0 Å². The predicted octanol–water partition coefficient (Wildman–Crippen LogP) is 1.81. The van der Waals surface area contributed by atoms with Crippen molar-refractivity contribution in [1.82, 2.24) is 9.80 Å². The van der Waals surface area contributed by atoms with Gasteiger partial charge in [-0.3, -0.25) is 4.90 Å². The first-order valence-corrected chi connectivity index (χ1v) is 6.68. The Morgan fingerprint density at radius 1 is 1.00 bits per heavy atom. The summed E-state index contributed by atoms with van der Waals surface area (Å²) in [7, 11) is 2.26. The Bertz CT molecular complexity index is 231. The van der Waals surface area contributed by atoms with Crippen LogP contribution in [-0.2, 0) is 0 Å². The van der Waals surface area contributed by atoms with Gasteiger partial charge in [0.2, 0.25) is 0 Å². The molecule has 1 saturated carbocycles. The molecule has 2 nitrogen and oxygen atoms in total. The van der Waals surface area contributed by atoms with E-state index in [2.05, 4.69) is 23.8 Å². The van der Waals surface area contributed by atoms with E-state index in [1.807, 2.05) is 0 Å². The van der Waals surface area contributed by atoms with Crippen molar-refractivity contribution < 1.29 is 0 Å². The van der Waals surface area contributed by atoms with Gasteiger partial charge in [-0.25, -0.2) is 0 Å². The molecule has 2 saturated heterocycles. The molecule has 0 radical (unpaired) electrons. The third kappa shape index (κ3) is 1.72. The van der Waals surface area contributed by atoms with Gasteiger partial charge in [-0.05, 0) is 57.7 Å². The van der Waals surface area contributed by atoms with Gasteiger partial charge < -0.3 is 4.90 Å². The van der Waals surface area contributed by atoms with Crippen LogP contribution in [0.1, 0.15) is 32.6 Å². The average Bonchev–Trinajstić information content (AvgIpc) is 2.77. The summed E-state index contributed by atoms with van der Waals surface area (Å²) in [5, 5.41) is 0. The van der Waals surface area contributed by atoms with Crippen molar-refractivity contribution >= 4 is 0 Å². The largest absolute Gasteiger partial charge is 0.306 e. The molecule has 3 aliphatic rings. The van der Waals surface area contributed by atoms with E-state index >= 15 is 0 Å². The van der Waals surface area contributed by atoms with Gasteiger partial charge in [0.15, 0.2) is 0 Å². The van der Waals surface area contributed by atoms with Gasteiger partial charge in [-0.15, -0.1) is 0 Å². The molecule has 2 bridgehead atoms. The van der Waals surface area contributed by atoms with Crippen molar-refractivity contribution in [3.05, 3.63) is 0 Å². The highest BCUT2D eigenvalue weighted by atomic mass is 15.2.